The predicted molar refractivity (Wildman–Crippen MR) is 105 cm³/mol. The van der Waals surface area contributed by atoms with Crippen LogP contribution in [0.1, 0.15) is 41.9 Å². The van der Waals surface area contributed by atoms with Crippen molar-refractivity contribution in [2.24, 2.45) is 5.92 Å². The topological polar surface area (TPSA) is 38.8 Å². The number of fused-ring (bicyclic) bond motifs is 1. The van der Waals surface area contributed by atoms with Crippen molar-refractivity contribution < 1.29 is 14.3 Å². The number of methoxy groups -OCH3 is 2. The van der Waals surface area contributed by atoms with Gasteiger partial charge in [0.05, 0.1) is 14.2 Å². The van der Waals surface area contributed by atoms with Gasteiger partial charge in [0.15, 0.2) is 11.5 Å². The van der Waals surface area contributed by atoms with Crippen molar-refractivity contribution in [3.8, 4) is 11.5 Å². The molecule has 2 aromatic carbocycles. The monoisotopic (exact) mass is 365 g/mol. The normalized spacial score (nSPS) is 17.2. The van der Waals surface area contributed by atoms with Gasteiger partial charge in [-0.25, -0.2) is 0 Å². The van der Waals surface area contributed by atoms with Gasteiger partial charge in [-0.15, -0.1) is 0 Å². The molecule has 4 nitrogen and oxygen atoms in total. The van der Waals surface area contributed by atoms with Gasteiger partial charge in [0.1, 0.15) is 0 Å². The number of nitrogens with zero attached hydrogens (tertiary/aromatic N) is 1. The maximum Gasteiger partial charge on any atom is 0.223 e. The van der Waals surface area contributed by atoms with Gasteiger partial charge in [0.25, 0.3) is 0 Å². The molecule has 1 heterocycles. The number of carbonyl (C=O) groups is 1. The molecular weight excluding hydrogens is 338 g/mol. The summed E-state index contributed by atoms with van der Waals surface area (Å²) in [6, 6.07) is 14.5. The predicted octanol–water partition coefficient (Wildman–Crippen LogP) is 4.17. The Labute approximate surface area is 161 Å². The van der Waals surface area contributed by atoms with Crippen molar-refractivity contribution in [1.29, 1.82) is 0 Å². The maximum atomic E-state index is 13.1. The standard InChI is InChI=1S/C23H27NO3/c1-26-21-10-9-18(13-22(21)27-2)20(17-7-8-17)14-23(25)24-12-11-16-5-3-4-6-19(16)15-24/h3-6,9-10,13,17,20H,7-8,11-12,14-15H2,1-2H3. The number of hydrogen-bond acceptors (Lipinski definition) is 3. The van der Waals surface area contributed by atoms with Crippen molar-refractivity contribution in [3.63, 3.8) is 0 Å². The molecule has 27 heavy (non-hydrogen) atoms. The third kappa shape index (κ3) is 3.80. The molecule has 1 amide bonds. The first-order valence-electron chi connectivity index (χ1n) is 9.76. The molecule has 4 heteroatoms. The van der Waals surface area contributed by atoms with Gasteiger partial charge in [0.2, 0.25) is 5.91 Å². The summed E-state index contributed by atoms with van der Waals surface area (Å²) >= 11 is 0. The molecule has 142 valence electrons. The number of rotatable bonds is 6. The fourth-order valence-corrected chi connectivity index (χ4v) is 4.16. The summed E-state index contributed by atoms with van der Waals surface area (Å²) in [5.41, 5.74) is 3.84. The van der Waals surface area contributed by atoms with Crippen LogP contribution in [0.4, 0.5) is 0 Å². The van der Waals surface area contributed by atoms with Crippen molar-refractivity contribution >= 4 is 5.91 Å². The van der Waals surface area contributed by atoms with Crippen LogP contribution in [0.25, 0.3) is 0 Å². The van der Waals surface area contributed by atoms with E-state index in [9.17, 15) is 4.79 Å². The molecule has 1 unspecified atom stereocenters. The minimum atomic E-state index is 0.259. The van der Waals surface area contributed by atoms with E-state index in [2.05, 4.69) is 30.3 Å². The Hall–Kier alpha value is -2.49. The fourth-order valence-electron chi connectivity index (χ4n) is 4.16. The summed E-state index contributed by atoms with van der Waals surface area (Å²) in [5.74, 6) is 2.59. The van der Waals surface area contributed by atoms with Crippen LogP contribution in [0.5, 0.6) is 11.5 Å². The molecule has 2 aliphatic rings. The van der Waals surface area contributed by atoms with Gasteiger partial charge in [0, 0.05) is 19.5 Å². The largest absolute Gasteiger partial charge is 0.493 e. The molecule has 0 bridgehead atoms. The third-order valence-corrected chi connectivity index (χ3v) is 5.90. The second-order valence-electron chi connectivity index (χ2n) is 7.60. The molecule has 4 rings (SSSR count). The molecule has 0 spiro atoms. The van der Waals surface area contributed by atoms with E-state index in [1.165, 1.54) is 29.5 Å². The van der Waals surface area contributed by atoms with Crippen molar-refractivity contribution in [3.05, 3.63) is 59.2 Å². The highest BCUT2D eigenvalue weighted by atomic mass is 16.5. The summed E-state index contributed by atoms with van der Waals surface area (Å²) < 4.78 is 10.8. The highest BCUT2D eigenvalue weighted by Gasteiger charge is 2.35. The zero-order valence-corrected chi connectivity index (χ0v) is 16.1. The summed E-state index contributed by atoms with van der Waals surface area (Å²) in [6.45, 7) is 1.55. The van der Waals surface area contributed by atoms with Crippen LogP contribution in [0.3, 0.4) is 0 Å². The Balaban J connectivity index is 1.50. The van der Waals surface area contributed by atoms with Crippen molar-refractivity contribution in [1.82, 2.24) is 4.90 Å². The fraction of sp³-hybridized carbons (Fsp3) is 0.435. The molecule has 2 aromatic rings. The first-order valence-corrected chi connectivity index (χ1v) is 9.76. The number of amides is 1. The average Bonchev–Trinajstić information content (AvgIpc) is 3.56. The maximum absolute atomic E-state index is 13.1. The van der Waals surface area contributed by atoms with E-state index in [1.807, 2.05) is 17.0 Å². The van der Waals surface area contributed by atoms with Gasteiger partial charge in [-0.3, -0.25) is 4.79 Å². The van der Waals surface area contributed by atoms with Crippen LogP contribution in [0.2, 0.25) is 0 Å². The molecule has 1 saturated carbocycles. The Morgan fingerprint density at radius 2 is 1.81 bits per heavy atom. The molecule has 0 N–H and O–H groups in total. The summed E-state index contributed by atoms with van der Waals surface area (Å²) in [5, 5.41) is 0. The van der Waals surface area contributed by atoms with Crippen LogP contribution >= 0.6 is 0 Å². The molecule has 1 aliphatic heterocycles. The zero-order chi connectivity index (χ0) is 18.8. The van der Waals surface area contributed by atoms with Crippen LogP contribution in [-0.2, 0) is 17.8 Å². The van der Waals surface area contributed by atoms with Crippen molar-refractivity contribution in [2.75, 3.05) is 20.8 Å². The van der Waals surface area contributed by atoms with E-state index >= 15 is 0 Å². The first kappa shape index (κ1) is 17.9. The first-order chi connectivity index (χ1) is 13.2. The van der Waals surface area contributed by atoms with Gasteiger partial charge in [-0.05, 0) is 59.9 Å². The van der Waals surface area contributed by atoms with Gasteiger partial charge in [-0.2, -0.15) is 0 Å². The van der Waals surface area contributed by atoms with Gasteiger partial charge in [-0.1, -0.05) is 30.3 Å². The molecule has 0 radical (unpaired) electrons. The van der Waals surface area contributed by atoms with E-state index in [1.54, 1.807) is 14.2 Å². The minimum absolute atomic E-state index is 0.259. The number of benzene rings is 2. The van der Waals surface area contributed by atoms with Crippen LogP contribution in [0.15, 0.2) is 42.5 Å². The van der Waals surface area contributed by atoms with E-state index < -0.39 is 0 Å². The molecule has 1 atom stereocenters. The number of carbonyl (C=O) groups excluding carboxylic acids is 1. The summed E-state index contributed by atoms with van der Waals surface area (Å²) in [7, 11) is 3.30. The van der Waals surface area contributed by atoms with Gasteiger partial charge < -0.3 is 14.4 Å². The van der Waals surface area contributed by atoms with Crippen molar-refractivity contribution in [2.45, 2.75) is 38.1 Å². The quantitative estimate of drug-likeness (QED) is 0.771. The highest BCUT2D eigenvalue weighted by Crippen LogP contribution is 2.46. The van der Waals surface area contributed by atoms with E-state index in [4.69, 9.17) is 9.47 Å². The number of hydrogen-bond donors (Lipinski definition) is 0. The molecular formula is C23H27NO3. The van der Waals surface area contributed by atoms with Gasteiger partial charge >= 0.3 is 0 Å². The smallest absolute Gasteiger partial charge is 0.223 e. The molecule has 1 aliphatic carbocycles. The van der Waals surface area contributed by atoms with Crippen LogP contribution in [0, 0.1) is 5.92 Å². The minimum Gasteiger partial charge on any atom is -0.493 e. The summed E-state index contributed by atoms with van der Waals surface area (Å²) in [6.07, 6.45) is 3.93. The molecule has 1 fully saturated rings. The Morgan fingerprint density at radius 1 is 1.07 bits per heavy atom. The van der Waals surface area contributed by atoms with E-state index in [0.29, 0.717) is 12.3 Å². The van der Waals surface area contributed by atoms with E-state index in [-0.39, 0.29) is 11.8 Å². The molecule has 0 aromatic heterocycles. The lowest BCUT2D eigenvalue weighted by molar-refractivity contribution is -0.132. The molecule has 0 saturated heterocycles. The SMILES string of the molecule is COc1ccc(C(CC(=O)N2CCc3ccccc3C2)C2CC2)cc1OC. The van der Waals surface area contributed by atoms with Crippen LogP contribution < -0.4 is 9.47 Å². The second-order valence-corrected chi connectivity index (χ2v) is 7.60. The Bertz CT molecular complexity index is 828. The van der Waals surface area contributed by atoms with Crippen LogP contribution in [-0.4, -0.2) is 31.6 Å². The average molecular weight is 365 g/mol. The lowest BCUT2D eigenvalue weighted by atomic mass is 9.89. The Morgan fingerprint density at radius 3 is 2.52 bits per heavy atom. The zero-order valence-electron chi connectivity index (χ0n) is 16.1. The number of ether oxygens (including phenoxy) is 2. The Kier molecular flexibility index (Phi) is 5.06. The van der Waals surface area contributed by atoms with E-state index in [0.717, 1.165) is 31.0 Å². The second kappa shape index (κ2) is 7.63. The lowest BCUT2D eigenvalue weighted by Gasteiger charge is -2.30. The lowest BCUT2D eigenvalue weighted by Crippen LogP contribution is -2.36. The summed E-state index contributed by atoms with van der Waals surface area (Å²) in [4.78, 5) is 15.1. The third-order valence-electron chi connectivity index (χ3n) is 5.90. The highest BCUT2D eigenvalue weighted by molar-refractivity contribution is 5.77.